The molecule has 1 aromatic rings. The molecule has 3 heteroatoms. The van der Waals surface area contributed by atoms with Gasteiger partial charge in [-0.2, -0.15) is 4.98 Å². The third-order valence-electron chi connectivity index (χ3n) is 2.50. The van der Waals surface area contributed by atoms with Crippen molar-refractivity contribution in [2.24, 2.45) is 0 Å². The van der Waals surface area contributed by atoms with Crippen LogP contribution in [0.1, 0.15) is 51.8 Å². The van der Waals surface area contributed by atoms with Crippen molar-refractivity contribution in [2.45, 2.75) is 53.0 Å². The van der Waals surface area contributed by atoms with Gasteiger partial charge in [0.2, 0.25) is 0 Å². The highest BCUT2D eigenvalue weighted by molar-refractivity contribution is 5.19. The zero-order valence-corrected chi connectivity index (χ0v) is 10.5. The van der Waals surface area contributed by atoms with Crippen LogP contribution in [-0.4, -0.2) is 9.55 Å². The van der Waals surface area contributed by atoms with Crippen molar-refractivity contribution in [3.05, 3.63) is 27.9 Å². The molecule has 3 nitrogen and oxygen atoms in total. The van der Waals surface area contributed by atoms with Crippen molar-refractivity contribution in [3.63, 3.8) is 0 Å². The Morgan fingerprint density at radius 2 is 1.87 bits per heavy atom. The number of hydrogen-bond acceptors (Lipinski definition) is 2. The van der Waals surface area contributed by atoms with Crippen LogP contribution in [0.4, 0.5) is 0 Å². The van der Waals surface area contributed by atoms with Crippen LogP contribution < -0.4 is 5.69 Å². The van der Waals surface area contributed by atoms with Gasteiger partial charge in [0.25, 0.3) is 0 Å². The fourth-order valence-corrected chi connectivity index (χ4v) is 1.60. The Hall–Kier alpha value is -1.12. The van der Waals surface area contributed by atoms with Crippen molar-refractivity contribution >= 4 is 0 Å². The molecule has 0 amide bonds. The summed E-state index contributed by atoms with van der Waals surface area (Å²) in [5.41, 5.74) is 1.62. The van der Waals surface area contributed by atoms with E-state index in [-0.39, 0.29) is 11.2 Å². The minimum atomic E-state index is -0.207. The highest BCUT2D eigenvalue weighted by Crippen LogP contribution is 2.18. The molecule has 0 bridgehead atoms. The monoisotopic (exact) mass is 208 g/mol. The van der Waals surface area contributed by atoms with Crippen LogP contribution in [-0.2, 0) is 5.54 Å². The lowest BCUT2D eigenvalue weighted by Gasteiger charge is -2.23. The molecule has 1 rings (SSSR count). The van der Waals surface area contributed by atoms with Gasteiger partial charge in [-0.1, -0.05) is 13.8 Å². The van der Waals surface area contributed by atoms with E-state index in [1.165, 1.54) is 0 Å². The Bertz CT molecular complexity index is 411. The Kier molecular flexibility index (Phi) is 3.03. The van der Waals surface area contributed by atoms with Crippen molar-refractivity contribution in [3.8, 4) is 0 Å². The fraction of sp³-hybridized carbons (Fsp3) is 0.667. The van der Waals surface area contributed by atoms with Gasteiger partial charge in [0.1, 0.15) is 0 Å². The van der Waals surface area contributed by atoms with E-state index in [1.54, 1.807) is 4.57 Å². The SMILES string of the molecule is Cc1nc(=O)n(C(C)(C)C)cc1C(C)C. The van der Waals surface area contributed by atoms with Gasteiger partial charge in [-0.15, -0.1) is 0 Å². The van der Waals surface area contributed by atoms with E-state index in [0.717, 1.165) is 11.3 Å². The van der Waals surface area contributed by atoms with Gasteiger partial charge in [-0.3, -0.25) is 4.57 Å². The Balaban J connectivity index is 3.44. The van der Waals surface area contributed by atoms with E-state index in [9.17, 15) is 4.79 Å². The summed E-state index contributed by atoms with van der Waals surface area (Å²) < 4.78 is 1.70. The molecule has 0 radical (unpaired) electrons. The highest BCUT2D eigenvalue weighted by Gasteiger charge is 2.17. The summed E-state index contributed by atoms with van der Waals surface area (Å²) in [4.78, 5) is 15.8. The van der Waals surface area contributed by atoms with Crippen LogP contribution >= 0.6 is 0 Å². The van der Waals surface area contributed by atoms with E-state index in [1.807, 2.05) is 33.9 Å². The standard InChI is InChI=1S/C12H20N2O/c1-8(2)10-7-14(12(4,5)6)11(15)13-9(10)3/h7-8H,1-6H3. The van der Waals surface area contributed by atoms with Crippen LogP contribution in [0.25, 0.3) is 0 Å². The normalized spacial score (nSPS) is 12.2. The summed E-state index contributed by atoms with van der Waals surface area (Å²) in [7, 11) is 0. The zero-order chi connectivity index (χ0) is 11.8. The van der Waals surface area contributed by atoms with E-state index >= 15 is 0 Å². The molecular formula is C12H20N2O. The molecular weight excluding hydrogens is 188 g/mol. The molecule has 0 aliphatic rings. The Morgan fingerprint density at radius 1 is 1.33 bits per heavy atom. The molecule has 1 aromatic heterocycles. The maximum Gasteiger partial charge on any atom is 0.348 e. The second-order valence-electron chi connectivity index (χ2n) is 5.26. The first-order chi connectivity index (χ1) is 6.73. The van der Waals surface area contributed by atoms with Gasteiger partial charge in [0.05, 0.1) is 0 Å². The van der Waals surface area contributed by atoms with Crippen molar-refractivity contribution in [2.75, 3.05) is 0 Å². The van der Waals surface area contributed by atoms with Gasteiger partial charge >= 0.3 is 5.69 Å². The number of aromatic nitrogens is 2. The summed E-state index contributed by atoms with van der Waals surface area (Å²) in [5, 5.41) is 0. The Morgan fingerprint density at radius 3 is 2.27 bits per heavy atom. The summed E-state index contributed by atoms with van der Waals surface area (Å²) >= 11 is 0. The highest BCUT2D eigenvalue weighted by atomic mass is 16.1. The number of hydrogen-bond donors (Lipinski definition) is 0. The lowest BCUT2D eigenvalue weighted by atomic mass is 10.0. The molecule has 0 fully saturated rings. The van der Waals surface area contributed by atoms with Crippen LogP contribution in [0.15, 0.2) is 11.0 Å². The molecule has 0 saturated carbocycles. The molecule has 0 N–H and O–H groups in total. The molecule has 0 atom stereocenters. The van der Waals surface area contributed by atoms with Gasteiger partial charge in [0, 0.05) is 17.4 Å². The van der Waals surface area contributed by atoms with E-state index in [0.29, 0.717) is 5.92 Å². The van der Waals surface area contributed by atoms with E-state index in [2.05, 4.69) is 18.8 Å². The average Bonchev–Trinajstić information content (AvgIpc) is 2.00. The second-order valence-corrected chi connectivity index (χ2v) is 5.26. The van der Waals surface area contributed by atoms with Crippen LogP contribution in [0, 0.1) is 6.92 Å². The first-order valence-corrected chi connectivity index (χ1v) is 5.34. The molecule has 0 aliphatic carbocycles. The van der Waals surface area contributed by atoms with Crippen molar-refractivity contribution < 1.29 is 0 Å². The molecule has 0 saturated heterocycles. The van der Waals surface area contributed by atoms with E-state index in [4.69, 9.17) is 0 Å². The molecule has 0 unspecified atom stereocenters. The number of nitrogens with zero attached hydrogens (tertiary/aromatic N) is 2. The average molecular weight is 208 g/mol. The Labute approximate surface area is 91.2 Å². The van der Waals surface area contributed by atoms with Gasteiger partial charge in [0.15, 0.2) is 0 Å². The third kappa shape index (κ3) is 2.46. The lowest BCUT2D eigenvalue weighted by Crippen LogP contribution is -2.36. The van der Waals surface area contributed by atoms with Crippen LogP contribution in [0.2, 0.25) is 0 Å². The minimum Gasteiger partial charge on any atom is -0.294 e. The van der Waals surface area contributed by atoms with Gasteiger partial charge < -0.3 is 0 Å². The predicted octanol–water partition coefficient (Wildman–Crippen LogP) is 2.43. The summed E-state index contributed by atoms with van der Waals surface area (Å²) in [6.45, 7) is 12.1. The second kappa shape index (κ2) is 3.80. The molecule has 84 valence electrons. The molecule has 0 aliphatic heterocycles. The molecule has 0 spiro atoms. The largest absolute Gasteiger partial charge is 0.348 e. The third-order valence-corrected chi connectivity index (χ3v) is 2.50. The maximum atomic E-state index is 11.7. The number of aryl methyl sites for hydroxylation is 1. The fourth-order valence-electron chi connectivity index (χ4n) is 1.60. The quantitative estimate of drug-likeness (QED) is 0.710. The van der Waals surface area contributed by atoms with Gasteiger partial charge in [-0.05, 0) is 39.2 Å². The van der Waals surface area contributed by atoms with Crippen molar-refractivity contribution in [1.29, 1.82) is 0 Å². The summed E-state index contributed by atoms with van der Waals surface area (Å²) in [6.07, 6.45) is 1.94. The first kappa shape index (κ1) is 12.0. The van der Waals surface area contributed by atoms with Crippen LogP contribution in [0.3, 0.4) is 0 Å². The maximum absolute atomic E-state index is 11.7. The summed E-state index contributed by atoms with van der Waals surface area (Å²) in [6, 6.07) is 0. The molecule has 0 aromatic carbocycles. The van der Waals surface area contributed by atoms with E-state index < -0.39 is 0 Å². The first-order valence-electron chi connectivity index (χ1n) is 5.34. The molecule has 15 heavy (non-hydrogen) atoms. The smallest absolute Gasteiger partial charge is 0.294 e. The van der Waals surface area contributed by atoms with Crippen molar-refractivity contribution in [1.82, 2.24) is 9.55 Å². The molecule has 1 heterocycles. The zero-order valence-electron chi connectivity index (χ0n) is 10.5. The number of rotatable bonds is 1. The predicted molar refractivity (Wildman–Crippen MR) is 62.3 cm³/mol. The van der Waals surface area contributed by atoms with Gasteiger partial charge in [-0.25, -0.2) is 4.79 Å². The lowest BCUT2D eigenvalue weighted by molar-refractivity contribution is 0.374. The topological polar surface area (TPSA) is 34.9 Å². The summed E-state index contributed by atoms with van der Waals surface area (Å²) in [5.74, 6) is 0.395. The minimum absolute atomic E-state index is 0.163. The van der Waals surface area contributed by atoms with Crippen LogP contribution in [0.5, 0.6) is 0 Å².